The van der Waals surface area contributed by atoms with Crippen molar-refractivity contribution in [3.8, 4) is 0 Å². The number of carbonyl (C=O) groups excluding carboxylic acids is 1. The predicted octanol–water partition coefficient (Wildman–Crippen LogP) is 2.45. The van der Waals surface area contributed by atoms with Crippen LogP contribution in [0.1, 0.15) is 45.4 Å². The minimum atomic E-state index is -0.0667. The fourth-order valence-corrected chi connectivity index (χ4v) is 3.58. The van der Waals surface area contributed by atoms with E-state index in [0.29, 0.717) is 0 Å². The maximum Gasteiger partial charge on any atom is 0.309 e. The Bertz CT molecular complexity index is 265. The molecule has 2 rings (SSSR count). The van der Waals surface area contributed by atoms with Gasteiger partial charge in [0.05, 0.1) is 13.0 Å². The molecule has 1 aliphatic heterocycles. The van der Waals surface area contributed by atoms with Gasteiger partial charge in [-0.15, -0.1) is 0 Å². The molecular formula is C14H25NO2. The van der Waals surface area contributed by atoms with Crippen LogP contribution in [0.4, 0.5) is 0 Å². The molecule has 0 aromatic carbocycles. The minimum Gasteiger partial charge on any atom is -0.469 e. The van der Waals surface area contributed by atoms with Gasteiger partial charge in [0.2, 0.25) is 0 Å². The number of nitrogens with zero attached hydrogens (tertiary/aromatic N) is 1. The highest BCUT2D eigenvalue weighted by Gasteiger charge is 2.34. The summed E-state index contributed by atoms with van der Waals surface area (Å²) in [5.41, 5.74) is 0. The predicted molar refractivity (Wildman–Crippen MR) is 67.7 cm³/mol. The van der Waals surface area contributed by atoms with Crippen LogP contribution >= 0.6 is 0 Å². The molecule has 17 heavy (non-hydrogen) atoms. The zero-order chi connectivity index (χ0) is 12.3. The molecule has 0 aromatic heterocycles. The van der Waals surface area contributed by atoms with Crippen molar-refractivity contribution in [2.45, 2.75) is 51.5 Å². The Kier molecular flexibility index (Phi) is 4.43. The van der Waals surface area contributed by atoms with Crippen LogP contribution in [0, 0.1) is 11.8 Å². The largest absolute Gasteiger partial charge is 0.469 e. The van der Waals surface area contributed by atoms with Crippen LogP contribution in [0.5, 0.6) is 0 Å². The Morgan fingerprint density at radius 1 is 1.29 bits per heavy atom. The molecular weight excluding hydrogens is 214 g/mol. The molecule has 3 nitrogen and oxygen atoms in total. The van der Waals surface area contributed by atoms with Gasteiger partial charge in [-0.25, -0.2) is 0 Å². The lowest BCUT2D eigenvalue weighted by Gasteiger charge is -2.44. The first-order valence-electron chi connectivity index (χ1n) is 7.04. The van der Waals surface area contributed by atoms with Crippen LogP contribution in [-0.4, -0.2) is 37.1 Å². The third-order valence-electron chi connectivity index (χ3n) is 4.47. The number of piperidine rings is 1. The summed E-state index contributed by atoms with van der Waals surface area (Å²) in [6.07, 6.45) is 8.20. The van der Waals surface area contributed by atoms with Crippen molar-refractivity contribution in [1.82, 2.24) is 4.90 Å². The van der Waals surface area contributed by atoms with Gasteiger partial charge in [-0.05, 0) is 38.1 Å². The summed E-state index contributed by atoms with van der Waals surface area (Å²) >= 11 is 0. The molecule has 1 aliphatic carbocycles. The number of fused-ring (bicyclic) bond motifs is 1. The Morgan fingerprint density at radius 3 is 2.76 bits per heavy atom. The summed E-state index contributed by atoms with van der Waals surface area (Å²) in [4.78, 5) is 14.0. The van der Waals surface area contributed by atoms with Gasteiger partial charge in [0.25, 0.3) is 0 Å². The van der Waals surface area contributed by atoms with E-state index in [2.05, 4.69) is 4.90 Å². The molecule has 1 heterocycles. The van der Waals surface area contributed by atoms with E-state index in [1.165, 1.54) is 52.2 Å². The van der Waals surface area contributed by atoms with Crippen molar-refractivity contribution in [3.63, 3.8) is 0 Å². The number of esters is 1. The standard InChI is InChI=1S/C14H25NO2/c1-11(14(16)17-2)10-15-9-5-7-12-6-3-4-8-13(12)15/h11-13H,3-10H2,1-2H3/t11?,12-,13-/m1/s1. The van der Waals surface area contributed by atoms with Gasteiger partial charge in [0.15, 0.2) is 0 Å². The molecule has 0 bridgehead atoms. The second-order valence-corrected chi connectivity index (χ2v) is 5.67. The second kappa shape index (κ2) is 5.85. The maximum atomic E-state index is 11.5. The number of hydrogen-bond donors (Lipinski definition) is 0. The van der Waals surface area contributed by atoms with Crippen LogP contribution in [0.3, 0.4) is 0 Å². The van der Waals surface area contributed by atoms with Crippen molar-refractivity contribution in [1.29, 1.82) is 0 Å². The van der Waals surface area contributed by atoms with E-state index < -0.39 is 0 Å². The van der Waals surface area contributed by atoms with Crippen molar-refractivity contribution in [2.24, 2.45) is 11.8 Å². The topological polar surface area (TPSA) is 29.5 Å². The molecule has 3 heteroatoms. The highest BCUT2D eigenvalue weighted by Crippen LogP contribution is 2.35. The van der Waals surface area contributed by atoms with E-state index in [1.54, 1.807) is 0 Å². The first-order chi connectivity index (χ1) is 8.22. The number of likely N-dealkylation sites (tertiary alicyclic amines) is 1. The number of ether oxygens (including phenoxy) is 1. The van der Waals surface area contributed by atoms with E-state index >= 15 is 0 Å². The fourth-order valence-electron chi connectivity index (χ4n) is 3.58. The monoisotopic (exact) mass is 239 g/mol. The quantitative estimate of drug-likeness (QED) is 0.709. The van der Waals surface area contributed by atoms with E-state index in [1.807, 2.05) is 6.92 Å². The number of methoxy groups -OCH3 is 1. The van der Waals surface area contributed by atoms with Gasteiger partial charge >= 0.3 is 5.97 Å². The van der Waals surface area contributed by atoms with Crippen LogP contribution in [0.2, 0.25) is 0 Å². The van der Waals surface area contributed by atoms with Gasteiger partial charge in [0.1, 0.15) is 0 Å². The third-order valence-corrected chi connectivity index (χ3v) is 4.47. The average molecular weight is 239 g/mol. The van der Waals surface area contributed by atoms with Crippen LogP contribution in [-0.2, 0) is 9.53 Å². The lowest BCUT2D eigenvalue weighted by molar-refractivity contribution is -0.146. The Morgan fingerprint density at radius 2 is 2.00 bits per heavy atom. The molecule has 1 saturated heterocycles. The molecule has 0 spiro atoms. The summed E-state index contributed by atoms with van der Waals surface area (Å²) < 4.78 is 4.82. The molecule has 2 aliphatic rings. The van der Waals surface area contributed by atoms with E-state index in [0.717, 1.165) is 18.5 Å². The van der Waals surface area contributed by atoms with E-state index in [4.69, 9.17) is 4.74 Å². The zero-order valence-electron chi connectivity index (χ0n) is 11.2. The molecule has 3 atom stereocenters. The smallest absolute Gasteiger partial charge is 0.309 e. The normalized spacial score (nSPS) is 31.6. The van der Waals surface area contributed by atoms with Crippen LogP contribution in [0.15, 0.2) is 0 Å². The summed E-state index contributed by atoms with van der Waals surface area (Å²) in [6, 6.07) is 0.740. The molecule has 1 unspecified atom stereocenters. The second-order valence-electron chi connectivity index (χ2n) is 5.67. The molecule has 2 fully saturated rings. The van der Waals surface area contributed by atoms with Crippen LogP contribution < -0.4 is 0 Å². The summed E-state index contributed by atoms with van der Waals surface area (Å²) in [5, 5.41) is 0. The minimum absolute atomic E-state index is 0.0145. The molecule has 1 saturated carbocycles. The van der Waals surface area contributed by atoms with Crippen LogP contribution in [0.25, 0.3) is 0 Å². The van der Waals surface area contributed by atoms with Crippen molar-refractivity contribution in [2.75, 3.05) is 20.2 Å². The Labute approximate surface area is 105 Å². The first-order valence-corrected chi connectivity index (χ1v) is 7.04. The zero-order valence-corrected chi connectivity index (χ0v) is 11.2. The first kappa shape index (κ1) is 12.9. The van der Waals surface area contributed by atoms with Gasteiger partial charge in [0, 0.05) is 12.6 Å². The fraction of sp³-hybridized carbons (Fsp3) is 0.929. The summed E-state index contributed by atoms with van der Waals surface area (Å²) in [7, 11) is 1.48. The summed E-state index contributed by atoms with van der Waals surface area (Å²) in [5.74, 6) is 0.839. The molecule has 0 radical (unpaired) electrons. The van der Waals surface area contributed by atoms with Gasteiger partial charge in [-0.1, -0.05) is 19.8 Å². The number of hydrogen-bond acceptors (Lipinski definition) is 3. The van der Waals surface area contributed by atoms with Gasteiger partial charge in [-0.2, -0.15) is 0 Å². The van der Waals surface area contributed by atoms with Gasteiger partial charge < -0.3 is 4.74 Å². The highest BCUT2D eigenvalue weighted by molar-refractivity contribution is 5.72. The maximum absolute atomic E-state index is 11.5. The van der Waals surface area contributed by atoms with Crippen molar-refractivity contribution in [3.05, 3.63) is 0 Å². The SMILES string of the molecule is COC(=O)C(C)CN1CCC[C@H]2CCCC[C@H]21. The summed E-state index contributed by atoms with van der Waals surface area (Å²) in [6.45, 7) is 4.04. The van der Waals surface area contributed by atoms with Crippen molar-refractivity contribution < 1.29 is 9.53 Å². The number of rotatable bonds is 3. The third kappa shape index (κ3) is 3.01. The Balaban J connectivity index is 1.92. The van der Waals surface area contributed by atoms with Crippen molar-refractivity contribution >= 4 is 5.97 Å². The average Bonchev–Trinajstić information content (AvgIpc) is 2.38. The molecule has 0 amide bonds. The van der Waals surface area contributed by atoms with E-state index in [-0.39, 0.29) is 11.9 Å². The van der Waals surface area contributed by atoms with Gasteiger partial charge in [-0.3, -0.25) is 9.69 Å². The molecule has 0 N–H and O–H groups in total. The number of carbonyl (C=O) groups is 1. The Hall–Kier alpha value is -0.570. The lowest BCUT2D eigenvalue weighted by Crippen LogP contribution is -2.49. The molecule has 0 aromatic rings. The lowest BCUT2D eigenvalue weighted by atomic mass is 9.78. The molecule has 98 valence electrons. The highest BCUT2D eigenvalue weighted by atomic mass is 16.5. The van der Waals surface area contributed by atoms with E-state index in [9.17, 15) is 4.79 Å².